The topological polar surface area (TPSA) is 101 Å². The summed E-state index contributed by atoms with van der Waals surface area (Å²) in [5, 5.41) is 5.80. The molecular formula is C21H14ClN3O4S. The van der Waals surface area contributed by atoms with Gasteiger partial charge in [-0.25, -0.2) is 9.78 Å². The van der Waals surface area contributed by atoms with E-state index in [1.54, 1.807) is 35.7 Å². The molecule has 0 saturated carbocycles. The van der Waals surface area contributed by atoms with Crippen molar-refractivity contribution in [2.24, 2.45) is 0 Å². The lowest BCUT2D eigenvalue weighted by Gasteiger charge is -2.07. The van der Waals surface area contributed by atoms with Crippen LogP contribution >= 0.6 is 22.9 Å². The minimum absolute atomic E-state index is 0.0948. The lowest BCUT2D eigenvalue weighted by atomic mass is 10.1. The Kier molecular flexibility index (Phi) is 5.60. The average molecular weight is 440 g/mol. The molecule has 0 atom stereocenters. The largest absolute Gasteiger partial charge is 0.452 e. The summed E-state index contributed by atoms with van der Waals surface area (Å²) >= 11 is 7.39. The molecule has 150 valence electrons. The number of carbonyl (C=O) groups is 2. The number of fused-ring (bicyclic) bond motifs is 1. The minimum Gasteiger partial charge on any atom is -0.452 e. The van der Waals surface area contributed by atoms with Crippen molar-refractivity contribution in [2.75, 3.05) is 11.9 Å². The van der Waals surface area contributed by atoms with Gasteiger partial charge < -0.3 is 9.72 Å². The van der Waals surface area contributed by atoms with Gasteiger partial charge in [0.05, 0.1) is 11.3 Å². The highest BCUT2D eigenvalue weighted by molar-refractivity contribution is 7.14. The van der Waals surface area contributed by atoms with Crippen molar-refractivity contribution >= 4 is 50.8 Å². The Morgan fingerprint density at radius 1 is 1.13 bits per heavy atom. The maximum atomic E-state index is 12.4. The van der Waals surface area contributed by atoms with Gasteiger partial charge >= 0.3 is 5.97 Å². The normalized spacial score (nSPS) is 10.7. The van der Waals surface area contributed by atoms with E-state index in [1.807, 2.05) is 18.2 Å². The van der Waals surface area contributed by atoms with Crippen molar-refractivity contribution in [2.45, 2.75) is 0 Å². The molecule has 2 aromatic carbocycles. The van der Waals surface area contributed by atoms with Gasteiger partial charge in [-0.2, -0.15) is 0 Å². The first kappa shape index (κ1) is 19.8. The molecule has 0 aliphatic rings. The van der Waals surface area contributed by atoms with E-state index in [0.29, 0.717) is 26.8 Å². The number of benzene rings is 2. The van der Waals surface area contributed by atoms with Gasteiger partial charge in [0, 0.05) is 32.9 Å². The van der Waals surface area contributed by atoms with Gasteiger partial charge in [-0.1, -0.05) is 48.0 Å². The summed E-state index contributed by atoms with van der Waals surface area (Å²) in [6, 6.07) is 15.2. The smallest absolute Gasteiger partial charge is 0.339 e. The van der Waals surface area contributed by atoms with E-state index < -0.39 is 24.0 Å². The molecule has 0 radical (unpaired) electrons. The van der Waals surface area contributed by atoms with Crippen molar-refractivity contribution < 1.29 is 14.3 Å². The zero-order chi connectivity index (χ0) is 21.1. The summed E-state index contributed by atoms with van der Waals surface area (Å²) in [7, 11) is 0. The number of esters is 1. The molecule has 2 aromatic heterocycles. The van der Waals surface area contributed by atoms with E-state index in [0.717, 1.165) is 11.6 Å². The van der Waals surface area contributed by atoms with Gasteiger partial charge in [-0.05, 0) is 12.1 Å². The third-order valence-corrected chi connectivity index (χ3v) is 5.29. The third-order valence-electron chi connectivity index (χ3n) is 4.21. The van der Waals surface area contributed by atoms with E-state index in [-0.39, 0.29) is 5.56 Å². The predicted molar refractivity (Wildman–Crippen MR) is 116 cm³/mol. The molecule has 1 amide bonds. The number of ether oxygens (including phenoxy) is 1. The Labute approximate surface area is 179 Å². The van der Waals surface area contributed by atoms with Crippen molar-refractivity contribution in [1.82, 2.24) is 9.97 Å². The number of rotatable bonds is 5. The van der Waals surface area contributed by atoms with Gasteiger partial charge in [0.2, 0.25) is 5.56 Å². The van der Waals surface area contributed by atoms with E-state index in [2.05, 4.69) is 15.3 Å². The summed E-state index contributed by atoms with van der Waals surface area (Å²) in [5.41, 5.74) is 1.56. The van der Waals surface area contributed by atoms with Crippen LogP contribution in [0.4, 0.5) is 5.13 Å². The summed E-state index contributed by atoms with van der Waals surface area (Å²) in [5.74, 6) is -1.30. The number of H-pyrrole nitrogens is 1. The molecule has 0 spiro atoms. The summed E-state index contributed by atoms with van der Waals surface area (Å²) in [6.07, 6.45) is 0. The SMILES string of the molecule is O=C(COC(=O)c1cc(=O)[nH]c2ccccc12)Nc1nc(-c2ccccc2Cl)cs1. The van der Waals surface area contributed by atoms with Crippen LogP contribution in [-0.4, -0.2) is 28.5 Å². The molecule has 9 heteroatoms. The van der Waals surface area contributed by atoms with Gasteiger partial charge in [0.15, 0.2) is 11.7 Å². The second kappa shape index (κ2) is 8.48. The highest BCUT2D eigenvalue weighted by atomic mass is 35.5. The number of aromatic amines is 1. The van der Waals surface area contributed by atoms with Crippen molar-refractivity contribution in [3.05, 3.63) is 80.9 Å². The fraction of sp³-hybridized carbons (Fsp3) is 0.0476. The number of halogens is 1. The first-order valence-corrected chi connectivity index (χ1v) is 10.1. The Bertz CT molecular complexity index is 1310. The third kappa shape index (κ3) is 4.24. The van der Waals surface area contributed by atoms with Crippen LogP contribution < -0.4 is 10.9 Å². The molecule has 0 bridgehead atoms. The molecule has 0 unspecified atom stereocenters. The minimum atomic E-state index is -0.761. The molecule has 0 saturated heterocycles. The molecule has 2 N–H and O–H groups in total. The zero-order valence-electron chi connectivity index (χ0n) is 15.3. The van der Waals surface area contributed by atoms with Crippen molar-refractivity contribution in [1.29, 1.82) is 0 Å². The van der Waals surface area contributed by atoms with Crippen molar-refractivity contribution in [3.8, 4) is 11.3 Å². The van der Waals surface area contributed by atoms with E-state index >= 15 is 0 Å². The molecule has 4 rings (SSSR count). The van der Waals surface area contributed by atoms with Gasteiger partial charge in [-0.15, -0.1) is 11.3 Å². The van der Waals surface area contributed by atoms with Gasteiger partial charge in [0.25, 0.3) is 5.91 Å². The van der Waals surface area contributed by atoms with E-state index in [4.69, 9.17) is 16.3 Å². The van der Waals surface area contributed by atoms with Crippen LogP contribution in [0, 0.1) is 0 Å². The second-order valence-corrected chi connectivity index (χ2v) is 7.50. The van der Waals surface area contributed by atoms with Crippen molar-refractivity contribution in [3.63, 3.8) is 0 Å². The number of hydrogen-bond acceptors (Lipinski definition) is 6. The van der Waals surface area contributed by atoms with Crippen LogP contribution in [0.15, 0.2) is 64.8 Å². The maximum Gasteiger partial charge on any atom is 0.339 e. The Balaban J connectivity index is 1.42. The number of pyridine rings is 1. The number of aromatic nitrogens is 2. The average Bonchev–Trinajstić information content (AvgIpc) is 3.19. The first-order valence-electron chi connectivity index (χ1n) is 8.81. The summed E-state index contributed by atoms with van der Waals surface area (Å²) in [6.45, 7) is -0.513. The lowest BCUT2D eigenvalue weighted by molar-refractivity contribution is -0.119. The fourth-order valence-electron chi connectivity index (χ4n) is 2.86. The van der Waals surface area contributed by atoms with Gasteiger partial charge in [0.1, 0.15) is 0 Å². The van der Waals surface area contributed by atoms with Crippen LogP contribution in [0.3, 0.4) is 0 Å². The molecular weight excluding hydrogens is 426 g/mol. The zero-order valence-corrected chi connectivity index (χ0v) is 16.9. The fourth-order valence-corrected chi connectivity index (χ4v) is 3.82. The number of thiazole rings is 1. The number of nitrogens with one attached hydrogen (secondary N) is 2. The Hall–Kier alpha value is -3.49. The maximum absolute atomic E-state index is 12.4. The summed E-state index contributed by atoms with van der Waals surface area (Å²) < 4.78 is 5.09. The number of hydrogen-bond donors (Lipinski definition) is 2. The van der Waals surface area contributed by atoms with Crippen LogP contribution in [0.5, 0.6) is 0 Å². The monoisotopic (exact) mass is 439 g/mol. The number of para-hydroxylation sites is 1. The molecule has 0 fully saturated rings. The second-order valence-electron chi connectivity index (χ2n) is 6.23. The number of anilines is 1. The van der Waals surface area contributed by atoms with Crippen LogP contribution in [-0.2, 0) is 9.53 Å². The number of nitrogens with zero attached hydrogens (tertiary/aromatic N) is 1. The lowest BCUT2D eigenvalue weighted by Crippen LogP contribution is -2.21. The van der Waals surface area contributed by atoms with Crippen LogP contribution in [0.1, 0.15) is 10.4 Å². The quantitative estimate of drug-likeness (QED) is 0.456. The number of carbonyl (C=O) groups excluding carboxylic acids is 2. The molecule has 30 heavy (non-hydrogen) atoms. The van der Waals surface area contributed by atoms with Gasteiger partial charge in [-0.3, -0.25) is 14.9 Å². The highest BCUT2D eigenvalue weighted by Gasteiger charge is 2.16. The van der Waals surface area contributed by atoms with E-state index in [9.17, 15) is 14.4 Å². The summed E-state index contributed by atoms with van der Waals surface area (Å²) in [4.78, 5) is 43.3. The molecule has 7 nitrogen and oxygen atoms in total. The Morgan fingerprint density at radius 3 is 2.73 bits per heavy atom. The predicted octanol–water partition coefficient (Wildman–Crippen LogP) is 4.10. The van der Waals surface area contributed by atoms with Crippen LogP contribution in [0.2, 0.25) is 5.02 Å². The standard InChI is InChI=1S/C21H14ClN3O4S/c22-15-7-3-1-6-13(15)17-11-30-21(24-17)25-19(27)10-29-20(28)14-9-18(26)23-16-8-4-2-5-12(14)16/h1-9,11H,10H2,(H,23,26)(H,24,25,27). The molecule has 0 aliphatic carbocycles. The highest BCUT2D eigenvalue weighted by Crippen LogP contribution is 2.30. The molecule has 4 aromatic rings. The van der Waals surface area contributed by atoms with Crippen LogP contribution in [0.25, 0.3) is 22.2 Å². The first-order chi connectivity index (χ1) is 14.5. The molecule has 2 heterocycles. The Morgan fingerprint density at radius 2 is 1.90 bits per heavy atom. The number of amides is 1. The van der Waals surface area contributed by atoms with E-state index in [1.165, 1.54) is 11.3 Å². The molecule has 0 aliphatic heterocycles.